The van der Waals surface area contributed by atoms with Crippen molar-refractivity contribution >= 4 is 5.97 Å². The molecule has 0 bridgehead atoms. The molecule has 0 heterocycles. The maximum Gasteiger partial charge on any atom is 0.306 e. The zero-order valence-corrected chi connectivity index (χ0v) is 32.4. The maximum absolute atomic E-state index is 12.2. The highest BCUT2D eigenvalue weighted by Gasteiger charge is 2.13. The van der Waals surface area contributed by atoms with E-state index in [4.69, 9.17) is 9.47 Å². The fraction of sp³-hybridized carbons (Fsp3) is 0.756. The van der Waals surface area contributed by atoms with Crippen molar-refractivity contribution in [3.8, 4) is 0 Å². The molecule has 0 rings (SSSR count). The third-order valence-electron chi connectivity index (χ3n) is 8.83. The van der Waals surface area contributed by atoms with E-state index in [9.17, 15) is 9.90 Å². The molecule has 0 aliphatic heterocycles. The molecule has 1 atom stereocenters. The summed E-state index contributed by atoms with van der Waals surface area (Å²) < 4.78 is 11.1. The highest BCUT2D eigenvalue weighted by Crippen LogP contribution is 2.13. The van der Waals surface area contributed by atoms with Crippen LogP contribution in [0.1, 0.15) is 194 Å². The number of carbonyl (C=O) groups is 1. The molecule has 49 heavy (non-hydrogen) atoms. The van der Waals surface area contributed by atoms with E-state index in [-0.39, 0.29) is 19.2 Å². The van der Waals surface area contributed by atoms with Gasteiger partial charge < -0.3 is 14.6 Å². The topological polar surface area (TPSA) is 55.8 Å². The van der Waals surface area contributed by atoms with Crippen LogP contribution in [0.3, 0.4) is 0 Å². The van der Waals surface area contributed by atoms with Crippen LogP contribution in [0.5, 0.6) is 0 Å². The molecule has 0 fully saturated rings. The van der Waals surface area contributed by atoms with Crippen molar-refractivity contribution in [1.29, 1.82) is 0 Å². The SMILES string of the molecule is CC/C=C\C/C=C\C/C=C\CCCCCCCCOCC(CO)OC(=O)CCCCCCCCCCC/C=C\C/C=C\CCCCCCC. The fourth-order valence-electron chi connectivity index (χ4n) is 5.72. The molecule has 0 saturated heterocycles. The average Bonchev–Trinajstić information content (AvgIpc) is 3.11. The third kappa shape index (κ3) is 40.4. The fourth-order valence-corrected chi connectivity index (χ4v) is 5.72. The molecule has 0 amide bonds. The Balaban J connectivity index is 3.47. The molecular formula is C45H80O4. The number of hydrogen-bond donors (Lipinski definition) is 1. The Morgan fingerprint density at radius 2 is 0.918 bits per heavy atom. The number of rotatable bonds is 38. The lowest BCUT2D eigenvalue weighted by Gasteiger charge is -2.15. The molecule has 0 aromatic carbocycles. The minimum Gasteiger partial charge on any atom is -0.457 e. The Bertz CT molecular complexity index is 809. The number of ether oxygens (including phenoxy) is 2. The van der Waals surface area contributed by atoms with Crippen LogP contribution in [0.2, 0.25) is 0 Å². The van der Waals surface area contributed by atoms with Crippen molar-refractivity contribution < 1.29 is 19.4 Å². The number of unbranched alkanes of at least 4 members (excludes halogenated alkanes) is 20. The van der Waals surface area contributed by atoms with Crippen LogP contribution in [0.25, 0.3) is 0 Å². The second kappa shape index (κ2) is 42.3. The van der Waals surface area contributed by atoms with E-state index in [1.807, 2.05) is 0 Å². The van der Waals surface area contributed by atoms with Crippen LogP contribution in [0, 0.1) is 0 Å². The Morgan fingerprint density at radius 1 is 0.510 bits per heavy atom. The summed E-state index contributed by atoms with van der Waals surface area (Å²) in [6.07, 6.45) is 55.6. The van der Waals surface area contributed by atoms with Crippen molar-refractivity contribution in [3.05, 3.63) is 60.8 Å². The van der Waals surface area contributed by atoms with Gasteiger partial charge in [0.15, 0.2) is 0 Å². The molecule has 0 saturated carbocycles. The highest BCUT2D eigenvalue weighted by atomic mass is 16.6. The van der Waals surface area contributed by atoms with Crippen molar-refractivity contribution in [2.75, 3.05) is 19.8 Å². The van der Waals surface area contributed by atoms with E-state index >= 15 is 0 Å². The molecular weight excluding hydrogens is 604 g/mol. The van der Waals surface area contributed by atoms with E-state index < -0.39 is 6.10 Å². The van der Waals surface area contributed by atoms with Gasteiger partial charge in [-0.05, 0) is 77.0 Å². The van der Waals surface area contributed by atoms with E-state index in [0.29, 0.717) is 13.0 Å². The first-order valence-corrected chi connectivity index (χ1v) is 20.9. The minimum absolute atomic E-state index is 0.181. The molecule has 0 radical (unpaired) electrons. The number of allylic oxidation sites excluding steroid dienone is 10. The van der Waals surface area contributed by atoms with Gasteiger partial charge in [0.05, 0.1) is 13.2 Å². The van der Waals surface area contributed by atoms with E-state index in [0.717, 1.165) is 51.4 Å². The second-order valence-corrected chi connectivity index (χ2v) is 13.7. The lowest BCUT2D eigenvalue weighted by molar-refractivity contribution is -0.154. The predicted molar refractivity (Wildman–Crippen MR) is 214 cm³/mol. The Hall–Kier alpha value is -1.91. The van der Waals surface area contributed by atoms with Gasteiger partial charge in [-0.1, -0.05) is 171 Å². The summed E-state index contributed by atoms with van der Waals surface area (Å²) in [5.41, 5.74) is 0. The first-order valence-electron chi connectivity index (χ1n) is 20.9. The highest BCUT2D eigenvalue weighted by molar-refractivity contribution is 5.69. The number of aliphatic hydroxyl groups excluding tert-OH is 1. The number of carbonyl (C=O) groups excluding carboxylic acids is 1. The molecule has 0 aromatic rings. The van der Waals surface area contributed by atoms with Crippen molar-refractivity contribution in [2.45, 2.75) is 200 Å². The first-order chi connectivity index (χ1) is 24.2. The van der Waals surface area contributed by atoms with Crippen LogP contribution in [-0.2, 0) is 14.3 Å². The first kappa shape index (κ1) is 47.1. The minimum atomic E-state index is -0.545. The van der Waals surface area contributed by atoms with Crippen LogP contribution in [0.15, 0.2) is 60.8 Å². The van der Waals surface area contributed by atoms with Crippen LogP contribution < -0.4 is 0 Å². The van der Waals surface area contributed by atoms with Crippen LogP contribution in [-0.4, -0.2) is 37.0 Å². The molecule has 0 spiro atoms. The molecule has 4 heteroatoms. The van der Waals surface area contributed by atoms with E-state index in [2.05, 4.69) is 74.6 Å². The Labute approximate surface area is 305 Å². The van der Waals surface area contributed by atoms with Gasteiger partial charge in [-0.25, -0.2) is 0 Å². The Kier molecular flexibility index (Phi) is 40.6. The van der Waals surface area contributed by atoms with Crippen LogP contribution in [0.4, 0.5) is 0 Å². The molecule has 0 aliphatic carbocycles. The van der Waals surface area contributed by atoms with Gasteiger partial charge in [-0.3, -0.25) is 4.79 Å². The third-order valence-corrected chi connectivity index (χ3v) is 8.83. The van der Waals surface area contributed by atoms with Crippen molar-refractivity contribution in [3.63, 3.8) is 0 Å². The summed E-state index contributed by atoms with van der Waals surface area (Å²) >= 11 is 0. The summed E-state index contributed by atoms with van der Waals surface area (Å²) in [6.45, 7) is 5.20. The predicted octanol–water partition coefficient (Wildman–Crippen LogP) is 13.7. The normalized spacial score (nSPS) is 13.0. The quantitative estimate of drug-likeness (QED) is 0.0399. The van der Waals surface area contributed by atoms with Gasteiger partial charge in [0, 0.05) is 13.0 Å². The molecule has 1 unspecified atom stereocenters. The van der Waals surface area contributed by atoms with Gasteiger partial charge in [0.1, 0.15) is 6.10 Å². The summed E-state index contributed by atoms with van der Waals surface area (Å²) in [4.78, 5) is 12.2. The molecule has 4 nitrogen and oxygen atoms in total. The zero-order valence-electron chi connectivity index (χ0n) is 32.4. The monoisotopic (exact) mass is 685 g/mol. The molecule has 0 aliphatic rings. The van der Waals surface area contributed by atoms with Crippen LogP contribution >= 0.6 is 0 Å². The summed E-state index contributed by atoms with van der Waals surface area (Å²) in [5, 5.41) is 9.59. The van der Waals surface area contributed by atoms with Crippen molar-refractivity contribution in [1.82, 2.24) is 0 Å². The van der Waals surface area contributed by atoms with Crippen molar-refractivity contribution in [2.24, 2.45) is 0 Å². The summed E-state index contributed by atoms with van der Waals surface area (Å²) in [7, 11) is 0. The number of aliphatic hydroxyl groups is 1. The number of hydrogen-bond acceptors (Lipinski definition) is 4. The Morgan fingerprint density at radius 3 is 1.39 bits per heavy atom. The van der Waals surface area contributed by atoms with E-state index in [1.165, 1.54) is 122 Å². The van der Waals surface area contributed by atoms with Gasteiger partial charge >= 0.3 is 5.97 Å². The smallest absolute Gasteiger partial charge is 0.306 e. The van der Waals surface area contributed by atoms with Gasteiger partial charge in [-0.2, -0.15) is 0 Å². The summed E-state index contributed by atoms with van der Waals surface area (Å²) in [6, 6.07) is 0. The molecule has 0 aromatic heterocycles. The molecule has 1 N–H and O–H groups in total. The standard InChI is InChI=1S/C45H80O4/c1-3-5-7-9-11-13-15-17-19-21-22-23-24-25-26-28-30-32-34-36-38-40-45(47)49-44(42-46)43-48-41-39-37-35-33-31-29-27-20-18-16-14-12-10-8-6-4-2/h6,8,12,14-15,17-18,20-22,44,46H,3-5,7,9-11,13,16,19,23-43H2,1-2H3/b8-6-,14-12-,17-15-,20-18-,22-21-. The van der Waals surface area contributed by atoms with Gasteiger partial charge in [0.2, 0.25) is 0 Å². The number of esters is 1. The molecule has 284 valence electrons. The van der Waals surface area contributed by atoms with E-state index in [1.54, 1.807) is 0 Å². The van der Waals surface area contributed by atoms with Gasteiger partial charge in [0.25, 0.3) is 0 Å². The van der Waals surface area contributed by atoms with Gasteiger partial charge in [-0.15, -0.1) is 0 Å². The lowest BCUT2D eigenvalue weighted by Crippen LogP contribution is -2.27. The maximum atomic E-state index is 12.2. The average molecular weight is 685 g/mol. The zero-order chi connectivity index (χ0) is 35.6. The summed E-state index contributed by atoms with van der Waals surface area (Å²) in [5.74, 6) is -0.211. The largest absolute Gasteiger partial charge is 0.457 e. The second-order valence-electron chi connectivity index (χ2n) is 13.7. The lowest BCUT2D eigenvalue weighted by atomic mass is 10.1.